The van der Waals surface area contributed by atoms with Crippen LogP contribution in [0.1, 0.15) is 56.6 Å². The fourth-order valence-corrected chi connectivity index (χ4v) is 4.40. The topological polar surface area (TPSA) is 89.1 Å². The lowest BCUT2D eigenvalue weighted by Gasteiger charge is -2.29. The van der Waals surface area contributed by atoms with Crippen molar-refractivity contribution in [3.05, 3.63) is 53.5 Å². The van der Waals surface area contributed by atoms with Crippen LogP contribution in [0.3, 0.4) is 0 Å². The number of nitrogens with one attached hydrogen (secondary N) is 2. The van der Waals surface area contributed by atoms with Gasteiger partial charge in [-0.1, -0.05) is 13.8 Å². The van der Waals surface area contributed by atoms with Gasteiger partial charge in [-0.25, -0.2) is 4.39 Å². The molecule has 0 radical (unpaired) electrons. The molecule has 2 aromatic carbocycles. The number of rotatable bonds is 6. The van der Waals surface area contributed by atoms with Crippen molar-refractivity contribution in [2.75, 3.05) is 24.6 Å². The van der Waals surface area contributed by atoms with Gasteiger partial charge in [-0.2, -0.15) is 0 Å². The van der Waals surface area contributed by atoms with Gasteiger partial charge in [-0.15, -0.1) is 0 Å². The Balaban J connectivity index is 0.00000132. The van der Waals surface area contributed by atoms with Gasteiger partial charge in [-0.3, -0.25) is 0 Å². The fourth-order valence-electron chi connectivity index (χ4n) is 4.40. The number of aromatic amines is 1. The summed E-state index contributed by atoms with van der Waals surface area (Å²) in [5.41, 5.74) is 16.2. The second-order valence-corrected chi connectivity index (χ2v) is 8.05. The maximum atomic E-state index is 13.6. The van der Waals surface area contributed by atoms with Crippen molar-refractivity contribution >= 4 is 22.3 Å². The number of anilines is 2. The Bertz CT molecular complexity index is 993. The van der Waals surface area contributed by atoms with Gasteiger partial charge in [0.2, 0.25) is 0 Å². The standard InChI is InChI=1S/C23H29FN4O.C2H6/c1-14-10-20(25)23(26)22(11-14)29-9-8-27-17-5-2-15(3-6-17)19-13-28-21-7-4-16(24)12-18(19)21;1-2/h4,7,10-13,15,17,27-28H,2-3,5-6,8-9,25-26H2,1H3;1-2H3. The normalized spacial score (nSPS) is 18.5. The number of fused-ring (bicyclic) bond motifs is 1. The molecule has 31 heavy (non-hydrogen) atoms. The van der Waals surface area contributed by atoms with Crippen LogP contribution in [0.25, 0.3) is 10.9 Å². The molecule has 0 unspecified atom stereocenters. The van der Waals surface area contributed by atoms with Gasteiger partial charge in [0.15, 0.2) is 0 Å². The second-order valence-electron chi connectivity index (χ2n) is 8.05. The first-order valence-corrected chi connectivity index (χ1v) is 11.3. The van der Waals surface area contributed by atoms with Gasteiger partial charge in [0, 0.05) is 29.7 Å². The highest BCUT2D eigenvalue weighted by molar-refractivity contribution is 5.83. The largest absolute Gasteiger partial charge is 0.490 e. The molecule has 0 atom stereocenters. The van der Waals surface area contributed by atoms with E-state index in [0.717, 1.165) is 48.7 Å². The number of hydrogen-bond donors (Lipinski definition) is 4. The molecule has 1 saturated carbocycles. The maximum absolute atomic E-state index is 13.6. The number of ether oxygens (including phenoxy) is 1. The number of benzene rings is 2. The molecule has 1 aromatic heterocycles. The quantitative estimate of drug-likeness (QED) is 0.309. The van der Waals surface area contributed by atoms with Crippen molar-refractivity contribution in [1.29, 1.82) is 0 Å². The van der Waals surface area contributed by atoms with Crippen LogP contribution in [-0.2, 0) is 0 Å². The van der Waals surface area contributed by atoms with E-state index in [1.54, 1.807) is 6.07 Å². The first-order valence-electron chi connectivity index (χ1n) is 11.3. The summed E-state index contributed by atoms with van der Waals surface area (Å²) in [6.45, 7) is 7.29. The number of halogens is 1. The lowest BCUT2D eigenvalue weighted by Crippen LogP contribution is -2.35. The molecule has 5 nitrogen and oxygen atoms in total. The van der Waals surface area contributed by atoms with Gasteiger partial charge >= 0.3 is 0 Å². The van der Waals surface area contributed by atoms with Crippen molar-refractivity contribution in [3.8, 4) is 5.75 Å². The van der Waals surface area contributed by atoms with Gasteiger partial charge < -0.3 is 26.5 Å². The molecule has 6 N–H and O–H groups in total. The molecule has 1 heterocycles. The predicted molar refractivity (Wildman–Crippen MR) is 128 cm³/mol. The van der Waals surface area contributed by atoms with E-state index >= 15 is 0 Å². The SMILES string of the molecule is CC.Cc1cc(N)c(N)c(OCCNC2CCC(c3c[nH]c4ccc(F)cc34)CC2)c1. The minimum Gasteiger partial charge on any atom is -0.490 e. The molecule has 0 spiro atoms. The van der Waals surface area contributed by atoms with Gasteiger partial charge in [0.05, 0.1) is 11.4 Å². The Morgan fingerprint density at radius 3 is 2.58 bits per heavy atom. The van der Waals surface area contributed by atoms with Crippen molar-refractivity contribution in [2.24, 2.45) is 0 Å². The first-order chi connectivity index (χ1) is 15.0. The smallest absolute Gasteiger partial charge is 0.144 e. The highest BCUT2D eigenvalue weighted by Gasteiger charge is 2.24. The summed E-state index contributed by atoms with van der Waals surface area (Å²) in [5, 5.41) is 4.61. The van der Waals surface area contributed by atoms with E-state index in [-0.39, 0.29) is 5.82 Å². The zero-order valence-electron chi connectivity index (χ0n) is 18.8. The van der Waals surface area contributed by atoms with Gasteiger partial charge in [-0.05, 0) is 80.0 Å². The highest BCUT2D eigenvalue weighted by Crippen LogP contribution is 2.36. The third-order valence-corrected chi connectivity index (χ3v) is 5.95. The lowest BCUT2D eigenvalue weighted by molar-refractivity contribution is 0.284. The summed E-state index contributed by atoms with van der Waals surface area (Å²) >= 11 is 0. The molecule has 3 aromatic rings. The average molecular weight is 427 g/mol. The molecule has 4 rings (SSSR count). The molecule has 1 aliphatic rings. The summed E-state index contributed by atoms with van der Waals surface area (Å²) in [6.07, 6.45) is 6.46. The van der Waals surface area contributed by atoms with Gasteiger partial charge in [0.1, 0.15) is 18.2 Å². The monoisotopic (exact) mass is 426 g/mol. The van der Waals surface area contributed by atoms with Crippen LogP contribution in [-0.4, -0.2) is 24.2 Å². The molecule has 0 amide bonds. The van der Waals surface area contributed by atoms with E-state index in [1.165, 1.54) is 11.6 Å². The van der Waals surface area contributed by atoms with E-state index < -0.39 is 0 Å². The molecule has 0 bridgehead atoms. The number of nitrogens with two attached hydrogens (primary N) is 2. The number of aromatic nitrogens is 1. The molecule has 1 fully saturated rings. The summed E-state index contributed by atoms with van der Waals surface area (Å²) < 4.78 is 19.5. The van der Waals surface area contributed by atoms with Crippen LogP contribution in [0.5, 0.6) is 5.75 Å². The average Bonchev–Trinajstić information content (AvgIpc) is 3.19. The minimum absolute atomic E-state index is 0.176. The zero-order valence-corrected chi connectivity index (χ0v) is 18.8. The van der Waals surface area contributed by atoms with Crippen molar-refractivity contribution < 1.29 is 9.13 Å². The number of nitrogen functional groups attached to an aromatic ring is 2. The molecule has 168 valence electrons. The first kappa shape index (κ1) is 22.9. The third-order valence-electron chi connectivity index (χ3n) is 5.95. The number of H-pyrrole nitrogens is 1. The summed E-state index contributed by atoms with van der Waals surface area (Å²) in [6, 6.07) is 9.21. The minimum atomic E-state index is -0.176. The lowest BCUT2D eigenvalue weighted by atomic mass is 9.81. The maximum Gasteiger partial charge on any atom is 0.144 e. The Hall–Kier alpha value is -2.73. The van der Waals surface area contributed by atoms with Crippen LogP contribution >= 0.6 is 0 Å². The van der Waals surface area contributed by atoms with E-state index in [4.69, 9.17) is 16.2 Å². The predicted octanol–water partition coefficient (Wildman–Crippen LogP) is 5.50. The van der Waals surface area contributed by atoms with Crippen molar-refractivity contribution in [2.45, 2.75) is 58.4 Å². The van der Waals surface area contributed by atoms with Crippen LogP contribution in [0.4, 0.5) is 15.8 Å². The Morgan fingerprint density at radius 2 is 1.84 bits per heavy atom. The summed E-state index contributed by atoms with van der Waals surface area (Å²) in [4.78, 5) is 3.28. The van der Waals surface area contributed by atoms with E-state index in [1.807, 2.05) is 45.2 Å². The molecular formula is C25H35FN4O. The second kappa shape index (κ2) is 10.5. The van der Waals surface area contributed by atoms with Crippen LogP contribution < -0.4 is 21.5 Å². The fraction of sp³-hybridized carbons (Fsp3) is 0.440. The molecule has 6 heteroatoms. The van der Waals surface area contributed by atoms with E-state index in [0.29, 0.717) is 35.7 Å². The summed E-state index contributed by atoms with van der Waals surface area (Å²) in [7, 11) is 0. The highest BCUT2D eigenvalue weighted by atomic mass is 19.1. The zero-order chi connectivity index (χ0) is 22.4. The molecule has 0 saturated heterocycles. The van der Waals surface area contributed by atoms with Crippen LogP contribution in [0.2, 0.25) is 0 Å². The van der Waals surface area contributed by atoms with Crippen LogP contribution in [0, 0.1) is 12.7 Å². The Kier molecular flexibility index (Phi) is 7.80. The van der Waals surface area contributed by atoms with Crippen molar-refractivity contribution in [1.82, 2.24) is 10.3 Å². The van der Waals surface area contributed by atoms with Gasteiger partial charge in [0.25, 0.3) is 0 Å². The van der Waals surface area contributed by atoms with Crippen LogP contribution in [0.15, 0.2) is 36.5 Å². The Morgan fingerprint density at radius 1 is 1.10 bits per heavy atom. The number of aryl methyl sites for hydroxylation is 1. The third kappa shape index (κ3) is 5.50. The van der Waals surface area contributed by atoms with E-state index in [2.05, 4.69) is 10.3 Å². The molecular weight excluding hydrogens is 391 g/mol. The number of hydrogen-bond acceptors (Lipinski definition) is 4. The van der Waals surface area contributed by atoms with Crippen molar-refractivity contribution in [3.63, 3.8) is 0 Å². The Labute approximate surface area is 184 Å². The molecule has 0 aliphatic heterocycles. The summed E-state index contributed by atoms with van der Waals surface area (Å²) in [5.74, 6) is 0.958. The molecule has 1 aliphatic carbocycles. The van der Waals surface area contributed by atoms with E-state index in [9.17, 15) is 4.39 Å².